The van der Waals surface area contributed by atoms with Crippen molar-refractivity contribution in [3.05, 3.63) is 35.4 Å². The zero-order valence-corrected chi connectivity index (χ0v) is 11.6. The van der Waals surface area contributed by atoms with Gasteiger partial charge in [0.1, 0.15) is 12.5 Å². The molecule has 21 heavy (non-hydrogen) atoms. The van der Waals surface area contributed by atoms with E-state index in [-0.39, 0.29) is 36.5 Å². The van der Waals surface area contributed by atoms with E-state index in [4.69, 9.17) is 4.74 Å². The molecule has 2 atom stereocenters. The lowest BCUT2D eigenvalue weighted by Gasteiger charge is -2.30. The lowest BCUT2D eigenvalue weighted by Crippen LogP contribution is -2.41. The summed E-state index contributed by atoms with van der Waals surface area (Å²) in [5.74, 6) is -1.18. The van der Waals surface area contributed by atoms with Crippen molar-refractivity contribution in [2.75, 3.05) is 13.3 Å². The smallest absolute Gasteiger partial charge is 0.221 e. The molecule has 0 bridgehead atoms. The van der Waals surface area contributed by atoms with Gasteiger partial charge in [0.05, 0.1) is 12.5 Å². The summed E-state index contributed by atoms with van der Waals surface area (Å²) in [7, 11) is 0. The molecule has 0 saturated carbocycles. The quantitative estimate of drug-likeness (QED) is 0.785. The van der Waals surface area contributed by atoms with Crippen molar-refractivity contribution in [2.24, 2.45) is 11.8 Å². The van der Waals surface area contributed by atoms with E-state index in [2.05, 4.69) is 5.32 Å². The van der Waals surface area contributed by atoms with Crippen LogP contribution in [0.1, 0.15) is 28.8 Å². The molecule has 5 heteroatoms. The number of fused-ring (bicyclic) bond motifs is 1. The lowest BCUT2D eigenvalue weighted by molar-refractivity contribution is -0.128. The third-order valence-corrected chi connectivity index (χ3v) is 4.19. The van der Waals surface area contributed by atoms with Gasteiger partial charge in [-0.3, -0.25) is 14.4 Å². The van der Waals surface area contributed by atoms with Gasteiger partial charge < -0.3 is 10.1 Å². The van der Waals surface area contributed by atoms with E-state index in [0.717, 1.165) is 5.56 Å². The van der Waals surface area contributed by atoms with Gasteiger partial charge in [-0.2, -0.15) is 0 Å². The fraction of sp³-hybridized carbons (Fsp3) is 0.438. The number of amides is 1. The average Bonchev–Trinajstić information content (AvgIpc) is 2.45. The third-order valence-electron chi connectivity index (χ3n) is 4.19. The van der Waals surface area contributed by atoms with Crippen LogP contribution in [0.15, 0.2) is 24.3 Å². The number of ether oxygens (including phenoxy) is 1. The predicted octanol–water partition coefficient (Wildman–Crippen LogP) is 1.11. The Balaban J connectivity index is 1.86. The number of benzene rings is 1. The maximum absolute atomic E-state index is 12.6. The van der Waals surface area contributed by atoms with Crippen LogP contribution in [0.4, 0.5) is 0 Å². The molecule has 0 spiro atoms. The van der Waals surface area contributed by atoms with E-state index in [1.807, 2.05) is 18.2 Å². The van der Waals surface area contributed by atoms with Crippen LogP contribution in [0, 0.1) is 11.8 Å². The molecule has 2 unspecified atom stereocenters. The largest absolute Gasteiger partial charge is 0.361 e. The molecular weight excluding hydrogens is 270 g/mol. The minimum atomic E-state index is -0.675. The van der Waals surface area contributed by atoms with E-state index < -0.39 is 5.92 Å². The molecule has 0 aromatic heterocycles. The molecular formula is C16H17NO4. The summed E-state index contributed by atoms with van der Waals surface area (Å²) in [6, 6.07) is 7.24. The number of Topliss-reactive ketones (excluding diaryl/α,β-unsaturated/α-hetero) is 2. The molecule has 1 heterocycles. The van der Waals surface area contributed by atoms with Crippen LogP contribution in [0.2, 0.25) is 0 Å². The van der Waals surface area contributed by atoms with E-state index in [1.54, 1.807) is 6.07 Å². The summed E-state index contributed by atoms with van der Waals surface area (Å²) in [4.78, 5) is 36.5. The van der Waals surface area contributed by atoms with Crippen molar-refractivity contribution < 1.29 is 19.1 Å². The molecule has 1 aliphatic heterocycles. The maximum Gasteiger partial charge on any atom is 0.221 e. The van der Waals surface area contributed by atoms with Crippen LogP contribution in [0.3, 0.4) is 0 Å². The Labute approximate surface area is 122 Å². The highest BCUT2D eigenvalue weighted by Crippen LogP contribution is 2.31. The first-order valence-corrected chi connectivity index (χ1v) is 7.16. The highest BCUT2D eigenvalue weighted by molar-refractivity contribution is 6.15. The van der Waals surface area contributed by atoms with Gasteiger partial charge in [0.15, 0.2) is 5.78 Å². The van der Waals surface area contributed by atoms with Crippen LogP contribution < -0.4 is 5.32 Å². The second kappa shape index (κ2) is 5.77. The summed E-state index contributed by atoms with van der Waals surface area (Å²) in [5.41, 5.74) is 1.43. The van der Waals surface area contributed by atoms with Gasteiger partial charge in [-0.15, -0.1) is 0 Å². The van der Waals surface area contributed by atoms with Crippen molar-refractivity contribution in [3.8, 4) is 0 Å². The molecule has 1 aromatic rings. The Bertz CT molecular complexity index is 596. The summed E-state index contributed by atoms with van der Waals surface area (Å²) in [5, 5.41) is 2.62. The number of nitrogens with one attached hydrogen (secondary N) is 1. The van der Waals surface area contributed by atoms with Crippen LogP contribution in [0.25, 0.3) is 0 Å². The third kappa shape index (κ3) is 2.74. The van der Waals surface area contributed by atoms with Gasteiger partial charge in [0.25, 0.3) is 0 Å². The minimum absolute atomic E-state index is 0.0618. The second-order valence-electron chi connectivity index (χ2n) is 5.56. The molecule has 1 fully saturated rings. The molecule has 110 valence electrons. The first-order valence-electron chi connectivity index (χ1n) is 7.16. The first kappa shape index (κ1) is 13.9. The van der Waals surface area contributed by atoms with Crippen molar-refractivity contribution >= 4 is 17.5 Å². The van der Waals surface area contributed by atoms with E-state index in [0.29, 0.717) is 25.0 Å². The van der Waals surface area contributed by atoms with Crippen LogP contribution in [-0.2, 0) is 20.7 Å². The van der Waals surface area contributed by atoms with Crippen molar-refractivity contribution in [2.45, 2.75) is 19.3 Å². The van der Waals surface area contributed by atoms with Crippen molar-refractivity contribution in [1.29, 1.82) is 0 Å². The molecule has 1 saturated heterocycles. The monoisotopic (exact) mass is 287 g/mol. The van der Waals surface area contributed by atoms with Gasteiger partial charge in [-0.25, -0.2) is 0 Å². The lowest BCUT2D eigenvalue weighted by atomic mass is 9.74. The highest BCUT2D eigenvalue weighted by atomic mass is 16.5. The molecule has 1 amide bonds. The van der Waals surface area contributed by atoms with Crippen LogP contribution in [0.5, 0.6) is 0 Å². The van der Waals surface area contributed by atoms with E-state index in [1.165, 1.54) is 0 Å². The summed E-state index contributed by atoms with van der Waals surface area (Å²) in [6.45, 7) is 0.464. The SMILES string of the molecule is O=C1CCC(C2C(=O)Cc3ccccc3C2=O)COCN1. The number of hydrogen-bond acceptors (Lipinski definition) is 4. The summed E-state index contributed by atoms with van der Waals surface area (Å²) < 4.78 is 5.36. The Hall–Kier alpha value is -2.01. The first-order chi connectivity index (χ1) is 10.2. The zero-order chi connectivity index (χ0) is 14.8. The Kier molecular flexibility index (Phi) is 3.84. The van der Waals surface area contributed by atoms with Gasteiger partial charge >= 0.3 is 0 Å². The van der Waals surface area contributed by atoms with Gasteiger partial charge in [-0.05, 0) is 17.9 Å². The maximum atomic E-state index is 12.6. The molecule has 0 radical (unpaired) electrons. The average molecular weight is 287 g/mol. The predicted molar refractivity (Wildman–Crippen MR) is 74.7 cm³/mol. The molecule has 1 aromatic carbocycles. The molecule has 1 aliphatic carbocycles. The van der Waals surface area contributed by atoms with Gasteiger partial charge in [0.2, 0.25) is 5.91 Å². The molecule has 3 rings (SSSR count). The minimum Gasteiger partial charge on any atom is -0.361 e. The summed E-state index contributed by atoms with van der Waals surface area (Å²) in [6.07, 6.45) is 1.11. The van der Waals surface area contributed by atoms with Crippen molar-refractivity contribution in [3.63, 3.8) is 0 Å². The van der Waals surface area contributed by atoms with Crippen molar-refractivity contribution in [1.82, 2.24) is 5.32 Å². The number of carbonyl (C=O) groups is 3. The van der Waals surface area contributed by atoms with Gasteiger partial charge in [0, 0.05) is 18.4 Å². The number of carbonyl (C=O) groups excluding carboxylic acids is 3. The highest BCUT2D eigenvalue weighted by Gasteiger charge is 2.39. The van der Waals surface area contributed by atoms with Gasteiger partial charge in [-0.1, -0.05) is 24.3 Å². The fourth-order valence-electron chi connectivity index (χ4n) is 3.10. The second-order valence-corrected chi connectivity index (χ2v) is 5.56. The number of ketones is 2. The fourth-order valence-corrected chi connectivity index (χ4v) is 3.10. The number of rotatable bonds is 1. The number of hydrogen-bond donors (Lipinski definition) is 1. The van der Waals surface area contributed by atoms with Crippen LogP contribution in [-0.4, -0.2) is 30.8 Å². The van der Waals surface area contributed by atoms with E-state index in [9.17, 15) is 14.4 Å². The van der Waals surface area contributed by atoms with Crippen LogP contribution >= 0.6 is 0 Å². The Morgan fingerprint density at radius 1 is 1.14 bits per heavy atom. The Morgan fingerprint density at radius 3 is 2.81 bits per heavy atom. The molecule has 5 nitrogen and oxygen atoms in total. The molecule has 1 N–H and O–H groups in total. The summed E-state index contributed by atoms with van der Waals surface area (Å²) >= 11 is 0. The standard InChI is InChI=1S/C16H17NO4/c18-13-7-10-3-1-2-4-12(10)16(20)15(13)11-5-6-14(19)17-9-21-8-11/h1-4,11,15H,5-9H2,(H,17,19). The van der Waals surface area contributed by atoms with E-state index >= 15 is 0 Å². The Morgan fingerprint density at radius 2 is 1.95 bits per heavy atom. The topological polar surface area (TPSA) is 72.5 Å². The normalized spacial score (nSPS) is 26.6. The molecule has 2 aliphatic rings. The zero-order valence-electron chi connectivity index (χ0n) is 11.6.